The highest BCUT2D eigenvalue weighted by atomic mass is 16.5. The van der Waals surface area contributed by atoms with Crippen LogP contribution in [0.5, 0.6) is 0 Å². The third kappa shape index (κ3) is 10.4. The van der Waals surface area contributed by atoms with Crippen molar-refractivity contribution in [2.24, 2.45) is 0 Å². The molecule has 0 aliphatic rings. The molecule has 118 valence electrons. The average molecular weight is 296 g/mol. The maximum absolute atomic E-state index is 10.3. The van der Waals surface area contributed by atoms with Crippen LogP contribution in [0.3, 0.4) is 0 Å². The quantitative estimate of drug-likeness (QED) is 0.256. The van der Waals surface area contributed by atoms with Crippen LogP contribution in [0.15, 0.2) is 0 Å². The van der Waals surface area contributed by atoms with E-state index in [1.54, 1.807) is 6.92 Å². The Labute approximate surface area is 115 Å². The first-order valence-corrected chi connectivity index (χ1v) is 5.70. The summed E-state index contributed by atoms with van der Waals surface area (Å²) in [5, 5.41) is 44.0. The molecule has 0 aromatic carbocycles. The van der Waals surface area contributed by atoms with Gasteiger partial charge in [0.25, 0.3) is 0 Å². The van der Waals surface area contributed by atoms with Crippen LogP contribution in [0.25, 0.3) is 0 Å². The van der Waals surface area contributed by atoms with Gasteiger partial charge in [-0.3, -0.25) is 9.59 Å². The highest BCUT2D eigenvalue weighted by Crippen LogP contribution is 2.04. The van der Waals surface area contributed by atoms with E-state index in [9.17, 15) is 19.5 Å². The molecule has 0 saturated heterocycles. The highest BCUT2D eigenvalue weighted by molar-refractivity contribution is 5.66. The molecule has 0 aliphatic heterocycles. The summed E-state index contributed by atoms with van der Waals surface area (Å²) in [5.74, 6) is -1.41. The van der Waals surface area contributed by atoms with E-state index in [0.717, 1.165) is 6.92 Å². The molecule has 20 heavy (non-hydrogen) atoms. The van der Waals surface area contributed by atoms with Crippen molar-refractivity contribution in [3.05, 3.63) is 0 Å². The van der Waals surface area contributed by atoms with E-state index in [2.05, 4.69) is 4.74 Å². The zero-order chi connectivity index (χ0) is 16.3. The Hall–Kier alpha value is -1.55. The Bertz CT molecular complexity index is 304. The molecule has 9 heteroatoms. The van der Waals surface area contributed by atoms with Crippen LogP contribution in [0, 0.1) is 0 Å². The minimum atomic E-state index is -1.83. The summed E-state index contributed by atoms with van der Waals surface area (Å²) < 4.78 is 4.36. The second-order valence-corrected chi connectivity index (χ2v) is 3.73. The smallest absolute Gasteiger partial charge is 0.303 e. The minimum Gasteiger partial charge on any atom is -0.481 e. The van der Waals surface area contributed by atoms with Gasteiger partial charge in [0.1, 0.15) is 31.0 Å². The first-order chi connectivity index (χ1) is 9.17. The Kier molecular flexibility index (Phi) is 11.7. The number of ether oxygens (including phenoxy) is 1. The van der Waals surface area contributed by atoms with E-state index in [-0.39, 0.29) is 12.7 Å². The van der Waals surface area contributed by atoms with Gasteiger partial charge in [-0.25, -0.2) is 0 Å². The Morgan fingerprint density at radius 3 is 1.90 bits per heavy atom. The SMILES string of the molecule is CC(=O)OC[C@@H](O)[C@@H](O)[C@H](O)[C@@H](O)C=O.CCC(=O)O. The lowest BCUT2D eigenvalue weighted by Crippen LogP contribution is -2.46. The average Bonchev–Trinajstić information content (AvgIpc) is 2.42. The second kappa shape index (κ2) is 11.3. The number of carbonyl (C=O) groups excluding carboxylic acids is 2. The van der Waals surface area contributed by atoms with Gasteiger partial charge in [-0.2, -0.15) is 0 Å². The molecule has 0 aromatic rings. The maximum atomic E-state index is 10.3. The standard InChI is InChI=1S/C8H14O7.C3H6O2/c1-4(10)15-3-6(12)8(14)7(13)5(11)2-9;1-2-3(4)5/h2,5-8,11-14H,3H2,1H3;2H2,1H3,(H,4,5)/t5-,6+,7+,8+;/m0./s1. The summed E-state index contributed by atoms with van der Waals surface area (Å²) in [5.41, 5.74) is 0. The number of esters is 1. The van der Waals surface area contributed by atoms with Crippen molar-refractivity contribution < 1.29 is 44.7 Å². The monoisotopic (exact) mass is 296 g/mol. The van der Waals surface area contributed by atoms with Gasteiger partial charge in [0.05, 0.1) is 0 Å². The molecule has 0 amide bonds. The molecule has 0 saturated carbocycles. The van der Waals surface area contributed by atoms with Crippen LogP contribution in [0.1, 0.15) is 20.3 Å². The molecule has 0 aliphatic carbocycles. The number of hydrogen-bond acceptors (Lipinski definition) is 8. The molecule has 0 bridgehead atoms. The van der Waals surface area contributed by atoms with Crippen LogP contribution < -0.4 is 0 Å². The first kappa shape index (κ1) is 20.8. The highest BCUT2D eigenvalue weighted by Gasteiger charge is 2.30. The van der Waals surface area contributed by atoms with Crippen LogP contribution in [-0.4, -0.2) is 74.8 Å². The van der Waals surface area contributed by atoms with Gasteiger partial charge in [-0.1, -0.05) is 6.92 Å². The first-order valence-electron chi connectivity index (χ1n) is 5.70. The lowest BCUT2D eigenvalue weighted by Gasteiger charge is -2.23. The molecule has 0 aromatic heterocycles. The topological polar surface area (TPSA) is 162 Å². The van der Waals surface area contributed by atoms with E-state index < -0.39 is 43.0 Å². The third-order valence-electron chi connectivity index (χ3n) is 1.99. The summed E-state index contributed by atoms with van der Waals surface area (Å²) in [6.07, 6.45) is -6.73. The maximum Gasteiger partial charge on any atom is 0.303 e. The molecular formula is C11H20O9. The van der Waals surface area contributed by atoms with E-state index >= 15 is 0 Å². The summed E-state index contributed by atoms with van der Waals surface area (Å²) in [6, 6.07) is 0. The number of carbonyl (C=O) groups is 3. The molecule has 4 atom stereocenters. The molecule has 5 N–H and O–H groups in total. The number of carboxylic acid groups (broad SMARTS) is 1. The molecule has 0 rings (SSSR count). The van der Waals surface area contributed by atoms with Crippen molar-refractivity contribution in [2.45, 2.75) is 44.7 Å². The van der Waals surface area contributed by atoms with Crippen molar-refractivity contribution >= 4 is 18.2 Å². The van der Waals surface area contributed by atoms with Gasteiger partial charge in [0, 0.05) is 13.3 Å². The zero-order valence-corrected chi connectivity index (χ0v) is 11.2. The molecule has 0 heterocycles. The third-order valence-corrected chi connectivity index (χ3v) is 1.99. The lowest BCUT2D eigenvalue weighted by atomic mass is 10.0. The molecule has 0 fully saturated rings. The van der Waals surface area contributed by atoms with Crippen molar-refractivity contribution in [1.29, 1.82) is 0 Å². The van der Waals surface area contributed by atoms with E-state index in [1.807, 2.05) is 0 Å². The van der Waals surface area contributed by atoms with E-state index in [0.29, 0.717) is 0 Å². The van der Waals surface area contributed by atoms with Crippen LogP contribution in [-0.2, 0) is 19.1 Å². The Morgan fingerprint density at radius 2 is 1.60 bits per heavy atom. The fourth-order valence-electron chi connectivity index (χ4n) is 0.811. The van der Waals surface area contributed by atoms with Gasteiger partial charge in [-0.05, 0) is 0 Å². The fraction of sp³-hybridized carbons (Fsp3) is 0.727. The van der Waals surface area contributed by atoms with E-state index in [4.69, 9.17) is 20.4 Å². The largest absolute Gasteiger partial charge is 0.481 e. The van der Waals surface area contributed by atoms with Gasteiger partial charge < -0.3 is 35.1 Å². The van der Waals surface area contributed by atoms with Crippen LogP contribution in [0.2, 0.25) is 0 Å². The number of aliphatic carboxylic acids is 1. The summed E-state index contributed by atoms with van der Waals surface area (Å²) >= 11 is 0. The number of aliphatic hydroxyl groups is 4. The molecule has 0 spiro atoms. The van der Waals surface area contributed by atoms with Crippen LogP contribution >= 0.6 is 0 Å². The molecule has 9 nitrogen and oxygen atoms in total. The number of carboxylic acids is 1. The minimum absolute atomic E-state index is 0.0203. The number of hydrogen-bond donors (Lipinski definition) is 5. The van der Waals surface area contributed by atoms with Gasteiger partial charge in [-0.15, -0.1) is 0 Å². The molecule has 0 unspecified atom stereocenters. The summed E-state index contributed by atoms with van der Waals surface area (Å²) in [7, 11) is 0. The van der Waals surface area contributed by atoms with Gasteiger partial charge in [0.2, 0.25) is 0 Å². The van der Waals surface area contributed by atoms with Crippen molar-refractivity contribution in [3.8, 4) is 0 Å². The summed E-state index contributed by atoms with van der Waals surface area (Å²) in [6.45, 7) is 2.18. The van der Waals surface area contributed by atoms with Gasteiger partial charge >= 0.3 is 11.9 Å². The lowest BCUT2D eigenvalue weighted by molar-refractivity contribution is -0.154. The van der Waals surface area contributed by atoms with Crippen molar-refractivity contribution in [2.75, 3.05) is 6.61 Å². The molecular weight excluding hydrogens is 276 g/mol. The van der Waals surface area contributed by atoms with Crippen molar-refractivity contribution in [1.82, 2.24) is 0 Å². The van der Waals surface area contributed by atoms with Gasteiger partial charge in [0.15, 0.2) is 6.29 Å². The van der Waals surface area contributed by atoms with Crippen LogP contribution in [0.4, 0.5) is 0 Å². The number of aliphatic hydroxyl groups excluding tert-OH is 4. The number of aldehydes is 1. The molecule has 0 radical (unpaired) electrons. The number of rotatable bonds is 7. The fourth-order valence-corrected chi connectivity index (χ4v) is 0.811. The van der Waals surface area contributed by atoms with Crippen molar-refractivity contribution in [3.63, 3.8) is 0 Å². The predicted molar refractivity (Wildman–Crippen MR) is 64.7 cm³/mol. The summed E-state index contributed by atoms with van der Waals surface area (Å²) in [4.78, 5) is 29.8. The Morgan fingerprint density at radius 1 is 1.15 bits per heavy atom. The predicted octanol–water partition coefficient (Wildman–Crippen LogP) is -2.33. The van der Waals surface area contributed by atoms with E-state index in [1.165, 1.54) is 0 Å². The second-order valence-electron chi connectivity index (χ2n) is 3.73. The normalized spacial score (nSPS) is 15.9. The zero-order valence-electron chi connectivity index (χ0n) is 11.2. The Balaban J connectivity index is 0.